The molecule has 8 fully saturated rings. The number of esters is 4. The van der Waals surface area contributed by atoms with Gasteiger partial charge in [0.15, 0.2) is 6.61 Å². The van der Waals surface area contributed by atoms with E-state index in [2.05, 4.69) is 33.0 Å². The zero-order chi connectivity index (χ0) is 28.2. The Labute approximate surface area is 235 Å². The van der Waals surface area contributed by atoms with E-state index in [9.17, 15) is 19.2 Å². The fourth-order valence-corrected chi connectivity index (χ4v) is 11.0. The van der Waals surface area contributed by atoms with Crippen molar-refractivity contribution in [2.45, 2.75) is 115 Å². The van der Waals surface area contributed by atoms with E-state index in [0.29, 0.717) is 24.2 Å². The Balaban J connectivity index is 0.990. The summed E-state index contributed by atoms with van der Waals surface area (Å²) >= 11 is 0. The minimum atomic E-state index is -0.719. The Kier molecular flexibility index (Phi) is 5.96. The molecule has 2 saturated heterocycles. The lowest BCUT2D eigenvalue weighted by molar-refractivity contribution is -0.789. The van der Waals surface area contributed by atoms with Gasteiger partial charge in [-0.1, -0.05) is 0 Å². The maximum Gasteiger partial charge on any atom is 0.344 e. The molecule has 6 bridgehead atoms. The molecule has 9 nitrogen and oxygen atoms in total. The number of hydrogen-bond acceptors (Lipinski definition) is 8. The number of piperidine rings is 1. The van der Waals surface area contributed by atoms with Crippen LogP contribution in [0.2, 0.25) is 0 Å². The second kappa shape index (κ2) is 8.92. The van der Waals surface area contributed by atoms with Crippen LogP contribution in [-0.4, -0.2) is 59.9 Å². The molecule has 6 atom stereocenters. The quantitative estimate of drug-likeness (QED) is 0.389. The summed E-state index contributed by atoms with van der Waals surface area (Å²) in [5, 5.41) is 2.33. The van der Waals surface area contributed by atoms with Crippen LogP contribution in [0, 0.1) is 46.8 Å². The van der Waals surface area contributed by atoms with Gasteiger partial charge in [0.25, 0.3) is 0 Å². The first kappa shape index (κ1) is 26.7. The molecule has 8 rings (SSSR count). The highest BCUT2D eigenvalue weighted by Crippen LogP contribution is 2.61. The van der Waals surface area contributed by atoms with Crippen LogP contribution in [0.1, 0.15) is 85.5 Å². The van der Waals surface area contributed by atoms with Crippen molar-refractivity contribution in [1.29, 1.82) is 0 Å². The van der Waals surface area contributed by atoms with Crippen molar-refractivity contribution in [3.05, 3.63) is 0 Å². The van der Waals surface area contributed by atoms with Crippen molar-refractivity contribution >= 4 is 23.9 Å². The summed E-state index contributed by atoms with van der Waals surface area (Å²) in [6, 6.07) is 0. The third-order valence-electron chi connectivity index (χ3n) is 11.4. The number of carbonyl (C=O) groups is 4. The molecule has 9 heteroatoms. The first-order chi connectivity index (χ1) is 18.8. The predicted molar refractivity (Wildman–Crippen MR) is 139 cm³/mol. The first-order valence-electron chi connectivity index (χ1n) is 15.5. The van der Waals surface area contributed by atoms with Crippen LogP contribution >= 0.6 is 0 Å². The number of ether oxygens (including phenoxy) is 4. The molecular weight excluding hydrogens is 514 g/mol. The summed E-state index contributed by atoms with van der Waals surface area (Å²) in [6.45, 7) is 8.15. The molecule has 2 aliphatic heterocycles. The van der Waals surface area contributed by atoms with E-state index in [-0.39, 0.29) is 41.0 Å². The Morgan fingerprint density at radius 1 is 0.850 bits per heavy atom. The van der Waals surface area contributed by atoms with Crippen molar-refractivity contribution in [2.75, 3.05) is 6.61 Å². The first-order valence-corrected chi connectivity index (χ1v) is 15.5. The van der Waals surface area contributed by atoms with Gasteiger partial charge in [-0.2, -0.15) is 0 Å². The maximum absolute atomic E-state index is 13.6. The van der Waals surface area contributed by atoms with Crippen molar-refractivity contribution in [3.8, 4) is 0 Å². The normalized spacial score (nSPS) is 45.3. The molecule has 0 aromatic heterocycles. The van der Waals surface area contributed by atoms with Gasteiger partial charge in [-0.05, 0) is 90.4 Å². The molecule has 6 unspecified atom stereocenters. The number of fused-ring (bicyclic) bond motifs is 1. The average Bonchev–Trinajstić information content (AvgIpc) is 3.43. The van der Waals surface area contributed by atoms with Crippen LogP contribution in [0.5, 0.6) is 0 Å². The largest absolute Gasteiger partial charge is 0.462 e. The lowest BCUT2D eigenvalue weighted by Gasteiger charge is -2.55. The third kappa shape index (κ3) is 4.36. The van der Waals surface area contributed by atoms with Gasteiger partial charge < -0.3 is 24.3 Å². The summed E-state index contributed by atoms with van der Waals surface area (Å²) in [5.74, 6) is -1.60. The van der Waals surface area contributed by atoms with Crippen molar-refractivity contribution < 1.29 is 43.4 Å². The monoisotopic (exact) mass is 558 g/mol. The minimum Gasteiger partial charge on any atom is -0.462 e. The summed E-state index contributed by atoms with van der Waals surface area (Å²) in [6.07, 6.45) is 6.82. The van der Waals surface area contributed by atoms with E-state index in [0.717, 1.165) is 32.1 Å². The summed E-state index contributed by atoms with van der Waals surface area (Å²) in [7, 11) is 0. The molecule has 2 heterocycles. The lowest BCUT2D eigenvalue weighted by atomic mass is 9.49. The Bertz CT molecular complexity index is 1080. The van der Waals surface area contributed by atoms with Crippen molar-refractivity contribution in [2.24, 2.45) is 46.8 Å². The van der Waals surface area contributed by atoms with E-state index in [1.54, 1.807) is 0 Å². The van der Waals surface area contributed by atoms with Gasteiger partial charge in [0.05, 0.1) is 28.3 Å². The molecule has 0 aromatic carbocycles. The number of hydrogen-bond donors (Lipinski definition) is 1. The standard InChI is InChI=1S/C31H43NO8/c1-29(2)12-18(13-30(3,4)32-29)38-26(34)22-19-8-20-23(22)27(35)40-25(20)24(19)39-21(33)14-37-28(36)31-9-15-5-16(10-31)7-17(6-15)11-31/h15-20,22-25,32H,5-14H2,1-4H3/p+1. The molecule has 40 heavy (non-hydrogen) atoms. The van der Waals surface area contributed by atoms with Gasteiger partial charge in [0.1, 0.15) is 18.3 Å². The van der Waals surface area contributed by atoms with E-state index < -0.39 is 48.0 Å². The van der Waals surface area contributed by atoms with Crippen LogP contribution in [0.25, 0.3) is 0 Å². The molecule has 0 amide bonds. The maximum atomic E-state index is 13.6. The van der Waals surface area contributed by atoms with E-state index in [4.69, 9.17) is 18.9 Å². The second-order valence-corrected chi connectivity index (χ2v) is 15.8. The Morgan fingerprint density at radius 2 is 1.45 bits per heavy atom. The summed E-state index contributed by atoms with van der Waals surface area (Å²) in [4.78, 5) is 52.5. The predicted octanol–water partition coefficient (Wildman–Crippen LogP) is 2.29. The molecule has 2 N–H and O–H groups in total. The molecular formula is C31H44NO8+. The van der Waals surface area contributed by atoms with Crippen LogP contribution in [0.4, 0.5) is 0 Å². The van der Waals surface area contributed by atoms with Crippen molar-refractivity contribution in [3.63, 3.8) is 0 Å². The SMILES string of the molecule is CC1(C)CC(OC(=O)C2C3CC4C(OC(=O)C42)C3OC(=O)COC(=O)C23CC4CC(CC(C4)C2)C3)CC(C)(C)[NH2+]1. The number of quaternary nitrogens is 1. The number of carbonyl (C=O) groups excluding carboxylic acids is 4. The van der Waals surface area contributed by atoms with E-state index in [1.165, 1.54) is 19.3 Å². The van der Waals surface area contributed by atoms with Crippen LogP contribution in [0.3, 0.4) is 0 Å². The fourth-order valence-electron chi connectivity index (χ4n) is 11.0. The van der Waals surface area contributed by atoms with Gasteiger partial charge >= 0.3 is 23.9 Å². The zero-order valence-electron chi connectivity index (χ0n) is 24.2. The van der Waals surface area contributed by atoms with Gasteiger partial charge in [-0.15, -0.1) is 0 Å². The van der Waals surface area contributed by atoms with Gasteiger partial charge in [-0.3, -0.25) is 14.4 Å². The van der Waals surface area contributed by atoms with Gasteiger partial charge in [0, 0.05) is 24.7 Å². The Hall–Kier alpha value is -2.16. The highest BCUT2D eigenvalue weighted by Gasteiger charge is 2.70. The van der Waals surface area contributed by atoms with Gasteiger partial charge in [0.2, 0.25) is 0 Å². The summed E-state index contributed by atoms with van der Waals surface area (Å²) < 4.78 is 23.1. The zero-order valence-corrected chi connectivity index (χ0v) is 24.2. The van der Waals surface area contributed by atoms with Crippen LogP contribution in [-0.2, 0) is 38.1 Å². The lowest BCUT2D eigenvalue weighted by Crippen LogP contribution is -3.06. The topological polar surface area (TPSA) is 122 Å². The molecule has 220 valence electrons. The van der Waals surface area contributed by atoms with Gasteiger partial charge in [-0.25, -0.2) is 4.79 Å². The van der Waals surface area contributed by atoms with E-state index in [1.807, 2.05) is 0 Å². The average molecular weight is 559 g/mol. The molecule has 0 aromatic rings. The molecule has 0 spiro atoms. The smallest absolute Gasteiger partial charge is 0.344 e. The highest BCUT2D eigenvalue weighted by atomic mass is 16.6. The number of rotatable bonds is 6. The van der Waals surface area contributed by atoms with Crippen LogP contribution in [0.15, 0.2) is 0 Å². The van der Waals surface area contributed by atoms with Crippen molar-refractivity contribution in [1.82, 2.24) is 0 Å². The molecule has 0 radical (unpaired) electrons. The number of nitrogens with two attached hydrogens (primary N) is 1. The van der Waals surface area contributed by atoms with E-state index >= 15 is 0 Å². The Morgan fingerprint density at radius 3 is 2.05 bits per heavy atom. The highest BCUT2D eigenvalue weighted by molar-refractivity contribution is 5.86. The molecule has 8 aliphatic rings. The second-order valence-electron chi connectivity index (χ2n) is 15.8. The minimum absolute atomic E-state index is 0.0650. The third-order valence-corrected chi connectivity index (χ3v) is 11.4. The molecule has 6 saturated carbocycles. The van der Waals surface area contributed by atoms with Crippen LogP contribution < -0.4 is 5.32 Å². The molecule has 6 aliphatic carbocycles. The summed E-state index contributed by atoms with van der Waals surface area (Å²) in [5.41, 5.74) is -0.570. The fraction of sp³-hybridized carbons (Fsp3) is 0.871.